The summed E-state index contributed by atoms with van der Waals surface area (Å²) in [6.07, 6.45) is 1.57. The Balaban J connectivity index is 2.31. The lowest BCUT2D eigenvalue weighted by Gasteiger charge is -2.03. The molecule has 8 heteroatoms. The Labute approximate surface area is 107 Å². The predicted molar refractivity (Wildman–Crippen MR) is 67.9 cm³/mol. The number of nitrogen functional groups attached to an aromatic ring is 1. The zero-order chi connectivity index (χ0) is 13.1. The number of hydrogen-bond donors (Lipinski definition) is 3. The van der Waals surface area contributed by atoms with Crippen LogP contribution in [0.15, 0.2) is 33.2 Å². The minimum absolute atomic E-state index is 0.0904. The molecule has 0 aromatic carbocycles. The van der Waals surface area contributed by atoms with E-state index in [0.717, 1.165) is 4.90 Å². The van der Waals surface area contributed by atoms with Crippen LogP contribution in [0.4, 0.5) is 0 Å². The maximum Gasteiger partial charge on any atom is 0.343 e. The van der Waals surface area contributed by atoms with Gasteiger partial charge in [0.1, 0.15) is 11.5 Å². The molecule has 0 saturated carbocycles. The minimum atomic E-state index is -0.235. The monoisotopic (exact) mass is 264 g/mol. The van der Waals surface area contributed by atoms with Gasteiger partial charge in [-0.3, -0.25) is 15.0 Å². The van der Waals surface area contributed by atoms with Crippen molar-refractivity contribution in [2.24, 2.45) is 5.73 Å². The summed E-state index contributed by atoms with van der Waals surface area (Å²) in [5.41, 5.74) is 5.54. The normalized spacial score (nSPS) is 10.5. The van der Waals surface area contributed by atoms with Crippen molar-refractivity contribution in [2.75, 3.05) is 0 Å². The molecule has 2 heterocycles. The Morgan fingerprint density at radius 3 is 3.11 bits per heavy atom. The summed E-state index contributed by atoms with van der Waals surface area (Å²) in [6, 6.07) is 3.46. The number of nitrogens with two attached hydrogens (primary N) is 1. The summed E-state index contributed by atoms with van der Waals surface area (Å²) in [6.45, 7) is 2.41. The van der Waals surface area contributed by atoms with Crippen LogP contribution in [-0.4, -0.2) is 25.6 Å². The average Bonchev–Trinajstić information content (AvgIpc) is 2.70. The molecule has 4 N–H and O–H groups in total. The van der Waals surface area contributed by atoms with Gasteiger partial charge in [-0.25, -0.2) is 9.89 Å². The van der Waals surface area contributed by atoms with Gasteiger partial charge in [0.15, 0.2) is 5.16 Å². The number of hydrogen-bond acceptors (Lipinski definition) is 5. The third kappa shape index (κ3) is 2.43. The fourth-order valence-corrected chi connectivity index (χ4v) is 2.31. The molecule has 18 heavy (non-hydrogen) atoms. The molecule has 0 bridgehead atoms. The first-order chi connectivity index (χ1) is 8.61. The summed E-state index contributed by atoms with van der Waals surface area (Å²) in [7, 11) is 0. The average molecular weight is 264 g/mol. The highest BCUT2D eigenvalue weighted by molar-refractivity contribution is 7.99. The molecule has 2 aromatic heterocycles. The Morgan fingerprint density at radius 1 is 1.67 bits per heavy atom. The molecular formula is C10H12N6OS. The Kier molecular flexibility index (Phi) is 3.47. The van der Waals surface area contributed by atoms with E-state index in [9.17, 15) is 4.79 Å². The summed E-state index contributed by atoms with van der Waals surface area (Å²) < 4.78 is 1.53. The standard InChI is InChI=1S/C10H12N6OS/c1-2-16-9(17)14-15-10(16)18-6-3-4-13-7(5-6)8(11)12/h3-5H,2H2,1H3,(H3,11,12)(H,14,17). The van der Waals surface area contributed by atoms with Crippen molar-refractivity contribution in [3.05, 3.63) is 34.5 Å². The zero-order valence-corrected chi connectivity index (χ0v) is 10.5. The van der Waals surface area contributed by atoms with E-state index >= 15 is 0 Å². The summed E-state index contributed by atoms with van der Waals surface area (Å²) in [4.78, 5) is 16.2. The van der Waals surface area contributed by atoms with Crippen LogP contribution >= 0.6 is 11.8 Å². The lowest BCUT2D eigenvalue weighted by molar-refractivity contribution is 0.660. The van der Waals surface area contributed by atoms with E-state index < -0.39 is 0 Å². The number of rotatable bonds is 4. The van der Waals surface area contributed by atoms with Crippen molar-refractivity contribution in [1.29, 1.82) is 5.41 Å². The maximum absolute atomic E-state index is 11.4. The van der Waals surface area contributed by atoms with Crippen molar-refractivity contribution in [2.45, 2.75) is 23.5 Å². The quantitative estimate of drug-likeness (QED) is 0.547. The van der Waals surface area contributed by atoms with E-state index in [0.29, 0.717) is 17.4 Å². The molecule has 0 radical (unpaired) electrons. The van der Waals surface area contributed by atoms with Crippen molar-refractivity contribution in [3.8, 4) is 0 Å². The van der Waals surface area contributed by atoms with Gasteiger partial charge in [-0.1, -0.05) is 0 Å². The molecule has 0 aliphatic heterocycles. The molecular weight excluding hydrogens is 252 g/mol. The summed E-state index contributed by atoms with van der Waals surface area (Å²) in [5, 5.41) is 14.2. The molecule has 0 atom stereocenters. The number of aromatic amines is 1. The number of pyridine rings is 1. The first-order valence-corrected chi connectivity index (χ1v) is 6.07. The number of nitrogens with zero attached hydrogens (tertiary/aromatic N) is 3. The molecule has 0 aliphatic carbocycles. The molecule has 0 aliphatic rings. The van der Waals surface area contributed by atoms with Gasteiger partial charge in [0.2, 0.25) is 0 Å². The van der Waals surface area contributed by atoms with Crippen LogP contribution in [0.2, 0.25) is 0 Å². The Hall–Kier alpha value is -2.09. The molecule has 0 fully saturated rings. The number of H-pyrrole nitrogens is 1. The van der Waals surface area contributed by atoms with Crippen molar-refractivity contribution in [1.82, 2.24) is 19.7 Å². The highest BCUT2D eigenvalue weighted by Crippen LogP contribution is 2.24. The van der Waals surface area contributed by atoms with E-state index in [4.69, 9.17) is 11.1 Å². The summed E-state index contributed by atoms with van der Waals surface area (Å²) in [5.74, 6) is -0.0904. The van der Waals surface area contributed by atoms with Gasteiger partial charge in [0, 0.05) is 17.6 Å². The first kappa shape index (κ1) is 12.4. The maximum atomic E-state index is 11.4. The van der Waals surface area contributed by atoms with Gasteiger partial charge in [-0.2, -0.15) is 0 Å². The molecule has 0 unspecified atom stereocenters. The van der Waals surface area contributed by atoms with Crippen molar-refractivity contribution < 1.29 is 0 Å². The van der Waals surface area contributed by atoms with E-state index in [2.05, 4.69) is 15.2 Å². The second kappa shape index (κ2) is 5.05. The SMILES string of the molecule is CCn1c(Sc2ccnc(C(=N)N)c2)n[nH]c1=O. The smallest absolute Gasteiger partial charge is 0.343 e. The van der Waals surface area contributed by atoms with Gasteiger partial charge in [0.05, 0.1) is 0 Å². The van der Waals surface area contributed by atoms with Crippen LogP contribution in [-0.2, 0) is 6.54 Å². The van der Waals surface area contributed by atoms with Gasteiger partial charge in [-0.15, -0.1) is 5.10 Å². The molecule has 2 aromatic rings. The topological polar surface area (TPSA) is 113 Å². The Morgan fingerprint density at radius 2 is 2.44 bits per heavy atom. The lowest BCUT2D eigenvalue weighted by Crippen LogP contribution is -2.16. The number of amidine groups is 1. The fourth-order valence-electron chi connectivity index (χ4n) is 1.39. The fraction of sp³-hybridized carbons (Fsp3) is 0.200. The highest BCUT2D eigenvalue weighted by Gasteiger charge is 2.09. The van der Waals surface area contributed by atoms with Crippen LogP contribution in [0, 0.1) is 5.41 Å². The van der Waals surface area contributed by atoms with Gasteiger partial charge in [-0.05, 0) is 30.8 Å². The number of aromatic nitrogens is 4. The van der Waals surface area contributed by atoms with E-state index in [1.54, 1.807) is 18.3 Å². The largest absolute Gasteiger partial charge is 0.382 e. The number of nitrogens with one attached hydrogen (secondary N) is 2. The molecule has 7 nitrogen and oxygen atoms in total. The second-order valence-corrected chi connectivity index (χ2v) is 4.49. The molecule has 0 amide bonds. The van der Waals surface area contributed by atoms with Crippen molar-refractivity contribution >= 4 is 17.6 Å². The molecule has 0 saturated heterocycles. The van der Waals surface area contributed by atoms with Crippen LogP contribution in [0.3, 0.4) is 0 Å². The second-order valence-electron chi connectivity index (χ2n) is 3.45. The third-order valence-corrected chi connectivity index (χ3v) is 3.24. The van der Waals surface area contributed by atoms with Crippen LogP contribution in [0.5, 0.6) is 0 Å². The summed E-state index contributed by atoms with van der Waals surface area (Å²) >= 11 is 1.32. The van der Waals surface area contributed by atoms with Crippen LogP contribution in [0.25, 0.3) is 0 Å². The van der Waals surface area contributed by atoms with Gasteiger partial charge < -0.3 is 5.73 Å². The van der Waals surface area contributed by atoms with Gasteiger partial charge in [0.25, 0.3) is 0 Å². The van der Waals surface area contributed by atoms with E-state index in [-0.39, 0.29) is 11.5 Å². The highest BCUT2D eigenvalue weighted by atomic mass is 32.2. The zero-order valence-electron chi connectivity index (χ0n) is 9.67. The minimum Gasteiger partial charge on any atom is -0.382 e. The predicted octanol–water partition coefficient (Wildman–Crippen LogP) is 0.422. The Bertz CT molecular complexity index is 631. The van der Waals surface area contributed by atoms with Crippen LogP contribution < -0.4 is 11.4 Å². The third-order valence-electron chi connectivity index (χ3n) is 2.26. The lowest BCUT2D eigenvalue weighted by atomic mass is 10.3. The van der Waals surface area contributed by atoms with Crippen molar-refractivity contribution in [3.63, 3.8) is 0 Å². The first-order valence-electron chi connectivity index (χ1n) is 5.25. The molecule has 2 rings (SSSR count). The van der Waals surface area contributed by atoms with E-state index in [1.165, 1.54) is 16.3 Å². The van der Waals surface area contributed by atoms with Crippen LogP contribution in [0.1, 0.15) is 12.6 Å². The molecule has 0 spiro atoms. The van der Waals surface area contributed by atoms with Gasteiger partial charge >= 0.3 is 5.69 Å². The molecule has 94 valence electrons. The van der Waals surface area contributed by atoms with E-state index in [1.807, 2.05) is 6.92 Å².